The molecule has 0 fully saturated rings. The molecule has 0 radical (unpaired) electrons. The third kappa shape index (κ3) is 3.77. The van der Waals surface area contributed by atoms with Gasteiger partial charge in [0, 0.05) is 39.9 Å². The van der Waals surface area contributed by atoms with Crippen molar-refractivity contribution in [2.24, 2.45) is 0 Å². The molecule has 142 valence electrons. The van der Waals surface area contributed by atoms with Gasteiger partial charge in [0.25, 0.3) is 0 Å². The van der Waals surface area contributed by atoms with Crippen molar-refractivity contribution in [1.82, 2.24) is 25.3 Å². The number of carbonyl (C=O) groups is 1. The number of hydrogen-bond acceptors (Lipinski definition) is 5. The van der Waals surface area contributed by atoms with E-state index in [9.17, 15) is 4.79 Å². The second-order valence-corrected chi connectivity index (χ2v) is 7.33. The topological polar surface area (TPSA) is 95.6 Å². The number of aromatic nitrogens is 4. The number of nitrogens with one attached hydrogen (secondary N) is 3. The molecule has 26 heavy (non-hydrogen) atoms. The molecule has 3 N–H and O–H groups in total. The van der Waals surface area contributed by atoms with Gasteiger partial charge in [-0.25, -0.2) is 15.0 Å². The molecule has 0 atom stereocenters. The fourth-order valence-electron chi connectivity index (χ4n) is 2.54. The van der Waals surface area contributed by atoms with Crippen LogP contribution in [0, 0.1) is 0 Å². The van der Waals surface area contributed by atoms with Crippen molar-refractivity contribution in [3.8, 4) is 11.4 Å². The highest BCUT2D eigenvalue weighted by Gasteiger charge is 2.28. The number of rotatable bonds is 5. The summed E-state index contributed by atoms with van der Waals surface area (Å²) >= 11 is 6.06. The Labute approximate surface area is 161 Å². The number of fused-ring (bicyclic) bond motifs is 1. The van der Waals surface area contributed by atoms with Gasteiger partial charge in [-0.15, -0.1) is 0 Å². The highest BCUT2D eigenvalue weighted by Crippen LogP contribution is 2.27. The first-order valence-electron chi connectivity index (χ1n) is 8.31. The summed E-state index contributed by atoms with van der Waals surface area (Å²) in [5.41, 5.74) is 0.687. The molecule has 8 heteroatoms. The Balaban J connectivity index is 0.00000261. The minimum Gasteiger partial charge on any atom is -0.356 e. The Morgan fingerprint density at radius 1 is 1.35 bits per heavy atom. The second-order valence-electron chi connectivity index (χ2n) is 6.90. The highest BCUT2D eigenvalue weighted by molar-refractivity contribution is 6.31. The fraction of sp³-hybridized carbons (Fsp3) is 0.333. The summed E-state index contributed by atoms with van der Waals surface area (Å²) in [6.45, 7) is 7.46. The van der Waals surface area contributed by atoms with E-state index in [-0.39, 0.29) is 16.2 Å². The number of aromatic amines is 1. The van der Waals surface area contributed by atoms with Crippen LogP contribution in [-0.2, 0) is 4.79 Å². The lowest BCUT2D eigenvalue weighted by Crippen LogP contribution is -2.50. The zero-order valence-electron chi connectivity index (χ0n) is 15.1. The minimum absolute atomic E-state index is 0. The number of amides is 1. The summed E-state index contributed by atoms with van der Waals surface area (Å²) in [7, 11) is 0. The van der Waals surface area contributed by atoms with Crippen LogP contribution in [0.15, 0.2) is 30.7 Å². The third-order valence-corrected chi connectivity index (χ3v) is 4.03. The SMILES string of the molecule is CC(C)NC(=O)C(C)(C)Nc1ccnc(-c2c[nH]c3ncc(Cl)cc23)n1.[HH].[HH].[HH]. The van der Waals surface area contributed by atoms with E-state index in [1.807, 2.05) is 33.8 Å². The summed E-state index contributed by atoms with van der Waals surface area (Å²) in [5.74, 6) is 0.976. The van der Waals surface area contributed by atoms with E-state index >= 15 is 0 Å². The summed E-state index contributed by atoms with van der Waals surface area (Å²) in [4.78, 5) is 28.6. The van der Waals surface area contributed by atoms with Gasteiger partial charge in [0.1, 0.15) is 17.0 Å². The van der Waals surface area contributed by atoms with E-state index in [0.717, 1.165) is 10.9 Å². The molecule has 0 saturated carbocycles. The molecule has 0 unspecified atom stereocenters. The summed E-state index contributed by atoms with van der Waals surface area (Å²) < 4.78 is 0. The van der Waals surface area contributed by atoms with Gasteiger partial charge in [0.2, 0.25) is 5.91 Å². The Morgan fingerprint density at radius 3 is 2.85 bits per heavy atom. The monoisotopic (exact) mass is 378 g/mol. The van der Waals surface area contributed by atoms with Gasteiger partial charge in [0.05, 0.1) is 5.02 Å². The normalized spacial score (nSPS) is 11.8. The molecule has 0 spiro atoms. The van der Waals surface area contributed by atoms with Crippen LogP contribution in [-0.4, -0.2) is 37.4 Å². The van der Waals surface area contributed by atoms with E-state index in [0.29, 0.717) is 22.3 Å². The van der Waals surface area contributed by atoms with Crippen molar-refractivity contribution in [3.05, 3.63) is 35.7 Å². The second kappa shape index (κ2) is 6.92. The first-order chi connectivity index (χ1) is 12.3. The zero-order chi connectivity index (χ0) is 18.9. The van der Waals surface area contributed by atoms with Gasteiger partial charge in [-0.3, -0.25) is 4.79 Å². The van der Waals surface area contributed by atoms with Crippen LogP contribution < -0.4 is 10.6 Å². The number of halogens is 1. The van der Waals surface area contributed by atoms with Crippen LogP contribution in [0.3, 0.4) is 0 Å². The minimum atomic E-state index is -0.818. The largest absolute Gasteiger partial charge is 0.356 e. The van der Waals surface area contributed by atoms with Crippen LogP contribution in [0.25, 0.3) is 22.4 Å². The lowest BCUT2D eigenvalue weighted by atomic mass is 10.0. The van der Waals surface area contributed by atoms with E-state index in [1.165, 1.54) is 0 Å². The van der Waals surface area contributed by atoms with Gasteiger partial charge in [-0.05, 0) is 39.8 Å². The lowest BCUT2D eigenvalue weighted by molar-refractivity contribution is -0.125. The highest BCUT2D eigenvalue weighted by atomic mass is 35.5. The maximum atomic E-state index is 12.4. The third-order valence-electron chi connectivity index (χ3n) is 3.82. The molecule has 0 aliphatic rings. The Hall–Kier alpha value is -2.67. The molecule has 3 aromatic rings. The maximum absolute atomic E-state index is 12.4. The summed E-state index contributed by atoms with van der Waals surface area (Å²) in [6, 6.07) is 3.61. The quantitative estimate of drug-likeness (QED) is 0.620. The van der Waals surface area contributed by atoms with Gasteiger partial charge in [0.15, 0.2) is 5.82 Å². The van der Waals surface area contributed by atoms with Crippen molar-refractivity contribution >= 4 is 34.4 Å². The molecule has 0 aromatic carbocycles. The molecule has 1 amide bonds. The van der Waals surface area contributed by atoms with Crippen molar-refractivity contribution in [2.75, 3.05) is 5.32 Å². The van der Waals surface area contributed by atoms with E-state index in [4.69, 9.17) is 11.6 Å². The predicted octanol–water partition coefficient (Wildman–Crippen LogP) is 4.13. The fourth-order valence-corrected chi connectivity index (χ4v) is 2.70. The zero-order valence-corrected chi connectivity index (χ0v) is 15.8. The van der Waals surface area contributed by atoms with Crippen LogP contribution in [0.1, 0.15) is 32.0 Å². The van der Waals surface area contributed by atoms with Crippen molar-refractivity contribution in [2.45, 2.75) is 39.3 Å². The molecule has 3 aromatic heterocycles. The number of hydrogen-bond donors (Lipinski definition) is 3. The molecule has 3 rings (SSSR count). The number of nitrogens with zero attached hydrogens (tertiary/aromatic N) is 3. The Bertz CT molecular complexity index is 964. The van der Waals surface area contributed by atoms with Crippen molar-refractivity contribution < 1.29 is 9.07 Å². The average Bonchev–Trinajstić information content (AvgIpc) is 2.97. The average molecular weight is 379 g/mol. The van der Waals surface area contributed by atoms with Gasteiger partial charge < -0.3 is 15.6 Å². The summed E-state index contributed by atoms with van der Waals surface area (Å²) in [5, 5.41) is 7.45. The first-order valence-corrected chi connectivity index (χ1v) is 8.69. The molecule has 7 nitrogen and oxygen atoms in total. The molecule has 0 bridgehead atoms. The number of pyridine rings is 1. The first kappa shape index (κ1) is 18.1. The Kier molecular flexibility index (Phi) is 4.82. The maximum Gasteiger partial charge on any atom is 0.245 e. The van der Waals surface area contributed by atoms with Crippen LogP contribution in [0.2, 0.25) is 5.02 Å². The van der Waals surface area contributed by atoms with E-state index in [1.54, 1.807) is 24.7 Å². The van der Waals surface area contributed by atoms with Crippen LogP contribution in [0.4, 0.5) is 5.82 Å². The molecule has 3 heterocycles. The molecule has 0 aliphatic heterocycles. The lowest BCUT2D eigenvalue weighted by Gasteiger charge is -2.27. The molecule has 0 aliphatic carbocycles. The van der Waals surface area contributed by atoms with Gasteiger partial charge in [-0.2, -0.15) is 0 Å². The summed E-state index contributed by atoms with van der Waals surface area (Å²) in [6.07, 6.45) is 5.03. The predicted molar refractivity (Wildman–Crippen MR) is 109 cm³/mol. The van der Waals surface area contributed by atoms with E-state index in [2.05, 4.69) is 30.6 Å². The number of anilines is 1. The van der Waals surface area contributed by atoms with Crippen molar-refractivity contribution in [3.63, 3.8) is 0 Å². The standard InChI is InChI=1S/C18H21ClN6O.3H2/c1-10(2)23-17(26)18(3,4)25-14-5-6-20-16(24-14)13-9-22-15-12(13)7-11(19)8-21-15;;;/h5-10H,1-4H3,(H,21,22)(H,23,26)(H,20,24,25);3*1H. The van der Waals surface area contributed by atoms with E-state index < -0.39 is 5.54 Å². The van der Waals surface area contributed by atoms with Crippen LogP contribution in [0.5, 0.6) is 0 Å². The molecule has 0 saturated heterocycles. The van der Waals surface area contributed by atoms with Crippen LogP contribution >= 0.6 is 11.6 Å². The number of H-pyrrole nitrogens is 1. The van der Waals surface area contributed by atoms with Gasteiger partial charge >= 0.3 is 0 Å². The Morgan fingerprint density at radius 2 is 2.12 bits per heavy atom. The molecular formula is C18H27ClN6O. The smallest absolute Gasteiger partial charge is 0.245 e. The molecular weight excluding hydrogens is 352 g/mol. The van der Waals surface area contributed by atoms with Gasteiger partial charge in [-0.1, -0.05) is 11.6 Å². The number of carbonyl (C=O) groups excluding carboxylic acids is 1. The van der Waals surface area contributed by atoms with Crippen molar-refractivity contribution in [1.29, 1.82) is 0 Å².